The second-order valence-electron chi connectivity index (χ2n) is 4.33. The van der Waals surface area contributed by atoms with Crippen molar-refractivity contribution in [3.63, 3.8) is 0 Å². The maximum atomic E-state index is 4.32. The lowest BCUT2D eigenvalue weighted by atomic mass is 9.93. The number of rotatable bonds is 2. The van der Waals surface area contributed by atoms with Gasteiger partial charge >= 0.3 is 0 Å². The van der Waals surface area contributed by atoms with Gasteiger partial charge in [0.2, 0.25) is 0 Å². The minimum absolute atomic E-state index is 0.599. The van der Waals surface area contributed by atoms with E-state index in [0.717, 1.165) is 19.0 Å². The molecular formula is C11H19N3. The van der Waals surface area contributed by atoms with Crippen molar-refractivity contribution in [3.05, 3.63) is 18.0 Å². The molecule has 1 N–H and O–H groups in total. The molecule has 0 aromatic carbocycles. The highest BCUT2D eigenvalue weighted by molar-refractivity contribution is 4.97. The molecule has 3 heteroatoms. The Bertz CT molecular complexity index is 292. The van der Waals surface area contributed by atoms with Crippen LogP contribution in [0.3, 0.4) is 0 Å². The Balaban J connectivity index is 1.99. The zero-order chi connectivity index (χ0) is 9.97. The van der Waals surface area contributed by atoms with Crippen LogP contribution >= 0.6 is 0 Å². The quantitative estimate of drug-likeness (QED) is 0.773. The molecule has 0 bridgehead atoms. The lowest BCUT2D eigenvalue weighted by Gasteiger charge is -2.30. The SMILES string of the molecule is Cc1ccnn1CC1NCCCC1C. The molecule has 2 atom stereocenters. The fraction of sp³-hybridized carbons (Fsp3) is 0.727. The minimum Gasteiger partial charge on any atom is -0.312 e. The highest BCUT2D eigenvalue weighted by Gasteiger charge is 2.21. The summed E-state index contributed by atoms with van der Waals surface area (Å²) < 4.78 is 2.10. The van der Waals surface area contributed by atoms with E-state index in [2.05, 4.69) is 35.0 Å². The van der Waals surface area contributed by atoms with E-state index in [4.69, 9.17) is 0 Å². The second-order valence-corrected chi connectivity index (χ2v) is 4.33. The van der Waals surface area contributed by atoms with Gasteiger partial charge in [-0.1, -0.05) is 6.92 Å². The predicted molar refractivity (Wildman–Crippen MR) is 57.2 cm³/mol. The molecule has 1 aliphatic rings. The second kappa shape index (κ2) is 4.13. The molecule has 3 nitrogen and oxygen atoms in total. The van der Waals surface area contributed by atoms with Crippen molar-refractivity contribution in [2.45, 2.75) is 39.3 Å². The van der Waals surface area contributed by atoms with E-state index < -0.39 is 0 Å². The van der Waals surface area contributed by atoms with Gasteiger partial charge in [-0.15, -0.1) is 0 Å². The van der Waals surface area contributed by atoms with Gasteiger partial charge in [0, 0.05) is 17.9 Å². The molecule has 78 valence electrons. The van der Waals surface area contributed by atoms with Gasteiger partial charge < -0.3 is 5.32 Å². The van der Waals surface area contributed by atoms with Gasteiger partial charge in [-0.25, -0.2) is 0 Å². The lowest BCUT2D eigenvalue weighted by Crippen LogP contribution is -2.43. The van der Waals surface area contributed by atoms with E-state index in [1.165, 1.54) is 18.5 Å². The number of piperidine rings is 1. The van der Waals surface area contributed by atoms with Gasteiger partial charge in [0.05, 0.1) is 6.54 Å². The smallest absolute Gasteiger partial charge is 0.0568 e. The molecular weight excluding hydrogens is 174 g/mol. The van der Waals surface area contributed by atoms with Crippen LogP contribution in [-0.2, 0) is 6.54 Å². The number of aromatic nitrogens is 2. The molecule has 1 fully saturated rings. The average Bonchev–Trinajstić information content (AvgIpc) is 2.56. The Morgan fingerprint density at radius 2 is 2.50 bits per heavy atom. The van der Waals surface area contributed by atoms with Crippen LogP contribution in [0.1, 0.15) is 25.5 Å². The zero-order valence-electron chi connectivity index (χ0n) is 9.03. The van der Waals surface area contributed by atoms with Crippen LogP contribution < -0.4 is 5.32 Å². The summed E-state index contributed by atoms with van der Waals surface area (Å²) in [5.41, 5.74) is 1.25. The maximum Gasteiger partial charge on any atom is 0.0568 e. The Kier molecular flexibility index (Phi) is 2.87. The molecule has 0 amide bonds. The summed E-state index contributed by atoms with van der Waals surface area (Å²) in [7, 11) is 0. The van der Waals surface area contributed by atoms with Gasteiger partial charge in [-0.3, -0.25) is 4.68 Å². The van der Waals surface area contributed by atoms with Gasteiger partial charge in [-0.2, -0.15) is 5.10 Å². The van der Waals surface area contributed by atoms with Crippen LogP contribution in [0.25, 0.3) is 0 Å². The van der Waals surface area contributed by atoms with E-state index in [0.29, 0.717) is 6.04 Å². The minimum atomic E-state index is 0.599. The Labute approximate surface area is 85.5 Å². The number of nitrogens with one attached hydrogen (secondary N) is 1. The molecule has 1 saturated heterocycles. The van der Waals surface area contributed by atoms with E-state index in [9.17, 15) is 0 Å². The number of aryl methyl sites for hydroxylation is 1. The molecule has 1 aromatic rings. The maximum absolute atomic E-state index is 4.32. The van der Waals surface area contributed by atoms with E-state index in [1.807, 2.05) is 6.20 Å². The van der Waals surface area contributed by atoms with Crippen molar-refractivity contribution in [2.75, 3.05) is 6.54 Å². The third kappa shape index (κ3) is 1.98. The van der Waals surface area contributed by atoms with Crippen LogP contribution in [0.5, 0.6) is 0 Å². The van der Waals surface area contributed by atoms with Crippen molar-refractivity contribution >= 4 is 0 Å². The highest BCUT2D eigenvalue weighted by Crippen LogP contribution is 2.17. The first kappa shape index (κ1) is 9.71. The van der Waals surface area contributed by atoms with E-state index >= 15 is 0 Å². The van der Waals surface area contributed by atoms with Gasteiger partial charge in [0.15, 0.2) is 0 Å². The summed E-state index contributed by atoms with van der Waals surface area (Å²) in [5, 5.41) is 7.89. The third-order valence-corrected chi connectivity index (χ3v) is 3.23. The fourth-order valence-electron chi connectivity index (χ4n) is 2.13. The van der Waals surface area contributed by atoms with Crippen LogP contribution in [0.2, 0.25) is 0 Å². The molecule has 0 saturated carbocycles. The largest absolute Gasteiger partial charge is 0.312 e. The van der Waals surface area contributed by atoms with Gasteiger partial charge in [-0.05, 0) is 38.3 Å². The van der Waals surface area contributed by atoms with Crippen LogP contribution in [0.15, 0.2) is 12.3 Å². The molecule has 2 rings (SSSR count). The molecule has 1 aromatic heterocycles. The van der Waals surface area contributed by atoms with E-state index in [-0.39, 0.29) is 0 Å². The monoisotopic (exact) mass is 193 g/mol. The van der Waals surface area contributed by atoms with Crippen molar-refractivity contribution < 1.29 is 0 Å². The van der Waals surface area contributed by atoms with Crippen molar-refractivity contribution in [2.24, 2.45) is 5.92 Å². The summed E-state index contributed by atoms with van der Waals surface area (Å²) in [6.07, 6.45) is 4.54. The molecule has 1 aliphatic heterocycles. The van der Waals surface area contributed by atoms with Crippen LogP contribution in [-0.4, -0.2) is 22.4 Å². The van der Waals surface area contributed by atoms with Gasteiger partial charge in [0.1, 0.15) is 0 Å². The van der Waals surface area contributed by atoms with Crippen molar-refractivity contribution in [3.8, 4) is 0 Å². The number of hydrogen-bond donors (Lipinski definition) is 1. The summed E-state index contributed by atoms with van der Waals surface area (Å²) in [6, 6.07) is 2.66. The predicted octanol–water partition coefficient (Wildman–Crippen LogP) is 1.58. The fourth-order valence-corrected chi connectivity index (χ4v) is 2.13. The third-order valence-electron chi connectivity index (χ3n) is 3.23. The average molecular weight is 193 g/mol. The normalized spacial score (nSPS) is 27.9. The highest BCUT2D eigenvalue weighted by atomic mass is 15.3. The first-order valence-corrected chi connectivity index (χ1v) is 5.49. The van der Waals surface area contributed by atoms with Crippen LogP contribution in [0.4, 0.5) is 0 Å². The Morgan fingerprint density at radius 1 is 1.64 bits per heavy atom. The molecule has 2 unspecified atom stereocenters. The Morgan fingerprint density at radius 3 is 3.14 bits per heavy atom. The number of nitrogens with zero attached hydrogens (tertiary/aromatic N) is 2. The lowest BCUT2D eigenvalue weighted by molar-refractivity contribution is 0.264. The standard InChI is InChI=1S/C11H19N3/c1-9-4-3-6-12-11(9)8-14-10(2)5-7-13-14/h5,7,9,11-12H,3-4,6,8H2,1-2H3. The van der Waals surface area contributed by atoms with Crippen LogP contribution in [0, 0.1) is 12.8 Å². The van der Waals surface area contributed by atoms with Gasteiger partial charge in [0.25, 0.3) is 0 Å². The molecule has 0 spiro atoms. The number of hydrogen-bond acceptors (Lipinski definition) is 2. The topological polar surface area (TPSA) is 29.9 Å². The van der Waals surface area contributed by atoms with E-state index in [1.54, 1.807) is 0 Å². The summed E-state index contributed by atoms with van der Waals surface area (Å²) in [6.45, 7) is 6.62. The molecule has 0 radical (unpaired) electrons. The Hall–Kier alpha value is -0.830. The molecule has 2 heterocycles. The molecule has 0 aliphatic carbocycles. The van der Waals surface area contributed by atoms with Crippen molar-refractivity contribution in [1.29, 1.82) is 0 Å². The zero-order valence-corrected chi connectivity index (χ0v) is 9.03. The first-order valence-electron chi connectivity index (χ1n) is 5.49. The van der Waals surface area contributed by atoms with Crippen molar-refractivity contribution in [1.82, 2.24) is 15.1 Å². The summed E-state index contributed by atoms with van der Waals surface area (Å²) >= 11 is 0. The summed E-state index contributed by atoms with van der Waals surface area (Å²) in [5.74, 6) is 0.771. The molecule has 14 heavy (non-hydrogen) atoms. The first-order chi connectivity index (χ1) is 6.77. The summed E-state index contributed by atoms with van der Waals surface area (Å²) in [4.78, 5) is 0.